The summed E-state index contributed by atoms with van der Waals surface area (Å²) in [6.07, 6.45) is 2.50. The monoisotopic (exact) mass is 407 g/mol. The van der Waals surface area contributed by atoms with Gasteiger partial charge in [-0.25, -0.2) is 0 Å². The number of ether oxygens (including phenoxy) is 1. The van der Waals surface area contributed by atoms with Crippen molar-refractivity contribution >= 4 is 29.3 Å². The van der Waals surface area contributed by atoms with E-state index in [-0.39, 0.29) is 22.0 Å². The van der Waals surface area contributed by atoms with Crippen molar-refractivity contribution in [3.8, 4) is 11.8 Å². The van der Waals surface area contributed by atoms with Gasteiger partial charge in [0.2, 0.25) is 0 Å². The molecule has 0 bridgehead atoms. The molecule has 0 aliphatic carbocycles. The summed E-state index contributed by atoms with van der Waals surface area (Å²) in [4.78, 5) is 12.4. The quantitative estimate of drug-likeness (QED) is 0.499. The van der Waals surface area contributed by atoms with Gasteiger partial charge in [0, 0.05) is 23.6 Å². The number of amides is 1. The summed E-state index contributed by atoms with van der Waals surface area (Å²) < 4.78 is 31.0. The van der Waals surface area contributed by atoms with Crippen LogP contribution in [-0.4, -0.2) is 17.1 Å². The van der Waals surface area contributed by atoms with Crippen molar-refractivity contribution in [1.82, 2.24) is 4.57 Å². The first-order chi connectivity index (χ1) is 13.3. The molecule has 148 valence electrons. The molecule has 28 heavy (non-hydrogen) atoms. The predicted octanol–water partition coefficient (Wildman–Crippen LogP) is 5.32. The van der Waals surface area contributed by atoms with E-state index in [0.29, 0.717) is 0 Å². The first kappa shape index (κ1) is 21.5. The van der Waals surface area contributed by atoms with Gasteiger partial charge in [0.25, 0.3) is 5.91 Å². The molecule has 0 aliphatic heterocycles. The summed E-state index contributed by atoms with van der Waals surface area (Å²) in [5.41, 5.74) is 2.98. The average molecular weight is 408 g/mol. The smallest absolute Gasteiger partial charge is 0.387 e. The summed E-state index contributed by atoms with van der Waals surface area (Å²) >= 11 is 5.88. The Hall–Kier alpha value is -2.85. The lowest BCUT2D eigenvalue weighted by atomic mass is 10.1. The van der Waals surface area contributed by atoms with Crippen LogP contribution in [0.4, 0.5) is 14.5 Å². The van der Waals surface area contributed by atoms with Gasteiger partial charge in [0.1, 0.15) is 17.4 Å². The number of benzene rings is 1. The second-order valence-corrected chi connectivity index (χ2v) is 6.53. The number of nitriles is 1. The van der Waals surface area contributed by atoms with Crippen molar-refractivity contribution < 1.29 is 18.3 Å². The second-order valence-electron chi connectivity index (χ2n) is 6.13. The van der Waals surface area contributed by atoms with Crippen LogP contribution in [0.1, 0.15) is 30.3 Å². The van der Waals surface area contributed by atoms with Gasteiger partial charge >= 0.3 is 6.61 Å². The molecule has 5 nitrogen and oxygen atoms in total. The van der Waals surface area contributed by atoms with Crippen molar-refractivity contribution in [2.45, 2.75) is 40.3 Å². The molecule has 1 aromatic carbocycles. The molecule has 1 N–H and O–H groups in total. The highest BCUT2D eigenvalue weighted by Crippen LogP contribution is 2.29. The highest BCUT2D eigenvalue weighted by Gasteiger charge is 2.14. The maximum Gasteiger partial charge on any atom is 0.387 e. The van der Waals surface area contributed by atoms with Gasteiger partial charge in [0.15, 0.2) is 0 Å². The van der Waals surface area contributed by atoms with E-state index in [2.05, 4.69) is 21.5 Å². The third kappa shape index (κ3) is 5.11. The Kier molecular flexibility index (Phi) is 7.18. The first-order valence-electron chi connectivity index (χ1n) is 8.61. The van der Waals surface area contributed by atoms with Crippen LogP contribution >= 0.6 is 11.6 Å². The fraction of sp³-hybridized carbons (Fsp3) is 0.300. The predicted molar refractivity (Wildman–Crippen MR) is 105 cm³/mol. The molecule has 0 fully saturated rings. The minimum absolute atomic E-state index is 0.0799. The second kappa shape index (κ2) is 9.38. The number of rotatable bonds is 7. The standard InChI is InChI=1S/C20H20ClF2N3O2/c1-4-7-26-12(2)8-14(13(26)3)9-15(11-24)19(27)25-16-5-6-18(17(21)10-16)28-20(22)23/h5-6,8-10,20H,4,7H2,1-3H3,(H,25,27)/b15-9+. The molecular formula is C20H20ClF2N3O2. The molecule has 1 amide bonds. The van der Waals surface area contributed by atoms with E-state index in [1.807, 2.05) is 26.0 Å². The molecular weight excluding hydrogens is 388 g/mol. The highest BCUT2D eigenvalue weighted by molar-refractivity contribution is 6.32. The van der Waals surface area contributed by atoms with Gasteiger partial charge in [-0.05, 0) is 56.2 Å². The molecule has 0 unspecified atom stereocenters. The van der Waals surface area contributed by atoms with E-state index in [1.165, 1.54) is 24.3 Å². The lowest BCUT2D eigenvalue weighted by Gasteiger charge is -2.09. The number of hydrogen-bond acceptors (Lipinski definition) is 3. The maximum absolute atomic E-state index is 12.4. The van der Waals surface area contributed by atoms with Gasteiger partial charge in [-0.1, -0.05) is 18.5 Å². The number of carbonyl (C=O) groups is 1. The van der Waals surface area contributed by atoms with E-state index in [4.69, 9.17) is 11.6 Å². The Bertz CT molecular complexity index is 946. The number of aromatic nitrogens is 1. The third-order valence-electron chi connectivity index (χ3n) is 4.13. The Morgan fingerprint density at radius 3 is 2.68 bits per heavy atom. The number of hydrogen-bond donors (Lipinski definition) is 1. The summed E-state index contributed by atoms with van der Waals surface area (Å²) in [6, 6.07) is 7.68. The number of anilines is 1. The zero-order chi connectivity index (χ0) is 20.8. The van der Waals surface area contributed by atoms with Crippen LogP contribution in [0.25, 0.3) is 6.08 Å². The molecule has 0 radical (unpaired) electrons. The Labute approximate surface area is 167 Å². The third-order valence-corrected chi connectivity index (χ3v) is 4.43. The Morgan fingerprint density at radius 1 is 1.39 bits per heavy atom. The zero-order valence-electron chi connectivity index (χ0n) is 15.7. The molecule has 0 atom stereocenters. The summed E-state index contributed by atoms with van der Waals surface area (Å²) in [5, 5.41) is 11.8. The van der Waals surface area contributed by atoms with Crippen LogP contribution in [0.15, 0.2) is 29.8 Å². The number of carbonyl (C=O) groups excluding carboxylic acids is 1. The van der Waals surface area contributed by atoms with Gasteiger partial charge in [0.05, 0.1) is 5.02 Å². The summed E-state index contributed by atoms with van der Waals surface area (Å²) in [6.45, 7) is 3.83. The van der Waals surface area contributed by atoms with Crippen LogP contribution in [-0.2, 0) is 11.3 Å². The van der Waals surface area contributed by atoms with Crippen molar-refractivity contribution in [3.05, 3.63) is 51.8 Å². The topological polar surface area (TPSA) is 67.0 Å². The van der Waals surface area contributed by atoms with Crippen LogP contribution in [0.5, 0.6) is 5.75 Å². The zero-order valence-corrected chi connectivity index (χ0v) is 16.5. The van der Waals surface area contributed by atoms with E-state index < -0.39 is 12.5 Å². The van der Waals surface area contributed by atoms with Crippen molar-refractivity contribution in [2.75, 3.05) is 5.32 Å². The van der Waals surface area contributed by atoms with Gasteiger partial charge in [-0.3, -0.25) is 4.79 Å². The molecule has 0 aliphatic rings. The minimum atomic E-state index is -3.00. The maximum atomic E-state index is 12.4. The number of nitrogens with zero attached hydrogens (tertiary/aromatic N) is 2. The molecule has 2 rings (SSSR count). The van der Waals surface area contributed by atoms with E-state index in [1.54, 1.807) is 0 Å². The molecule has 2 aromatic rings. The SMILES string of the molecule is CCCn1c(C)cc(/C=C(\C#N)C(=O)Nc2ccc(OC(F)F)c(Cl)c2)c1C. The number of nitrogens with one attached hydrogen (secondary N) is 1. The lowest BCUT2D eigenvalue weighted by molar-refractivity contribution is -0.112. The molecule has 0 saturated heterocycles. The normalized spacial score (nSPS) is 11.4. The van der Waals surface area contributed by atoms with Crippen LogP contribution in [0, 0.1) is 25.2 Å². The number of alkyl halides is 2. The highest BCUT2D eigenvalue weighted by atomic mass is 35.5. The largest absolute Gasteiger partial charge is 0.433 e. The number of aryl methyl sites for hydroxylation is 1. The Morgan fingerprint density at radius 2 is 2.11 bits per heavy atom. The summed E-state index contributed by atoms with van der Waals surface area (Å²) in [7, 11) is 0. The molecule has 0 spiro atoms. The fourth-order valence-corrected chi connectivity index (χ4v) is 3.04. The van der Waals surface area contributed by atoms with E-state index >= 15 is 0 Å². The first-order valence-corrected chi connectivity index (χ1v) is 8.98. The van der Waals surface area contributed by atoms with Crippen molar-refractivity contribution in [1.29, 1.82) is 5.26 Å². The number of halogens is 3. The van der Waals surface area contributed by atoms with Crippen LogP contribution < -0.4 is 10.1 Å². The molecule has 1 aromatic heterocycles. The van der Waals surface area contributed by atoms with Gasteiger partial charge in [-0.2, -0.15) is 14.0 Å². The van der Waals surface area contributed by atoms with Crippen molar-refractivity contribution in [3.63, 3.8) is 0 Å². The molecule has 1 heterocycles. The molecule has 8 heteroatoms. The lowest BCUT2D eigenvalue weighted by Crippen LogP contribution is -2.13. The van der Waals surface area contributed by atoms with Gasteiger partial charge < -0.3 is 14.6 Å². The summed E-state index contributed by atoms with van der Waals surface area (Å²) in [5.74, 6) is -0.824. The van der Waals surface area contributed by atoms with Gasteiger partial charge in [-0.15, -0.1) is 0 Å². The Balaban J connectivity index is 2.23. The minimum Gasteiger partial charge on any atom is -0.433 e. The van der Waals surface area contributed by atoms with Crippen LogP contribution in [0.2, 0.25) is 5.02 Å². The molecule has 0 saturated carbocycles. The van der Waals surface area contributed by atoms with E-state index in [0.717, 1.165) is 29.9 Å². The van der Waals surface area contributed by atoms with E-state index in [9.17, 15) is 18.8 Å². The van der Waals surface area contributed by atoms with Crippen LogP contribution in [0.3, 0.4) is 0 Å². The van der Waals surface area contributed by atoms with Crippen molar-refractivity contribution in [2.24, 2.45) is 0 Å². The fourth-order valence-electron chi connectivity index (χ4n) is 2.81. The average Bonchev–Trinajstić information content (AvgIpc) is 2.89.